The van der Waals surface area contributed by atoms with Gasteiger partial charge in [0.1, 0.15) is 8.24 Å². The normalized spacial score (nSPS) is 10.6. The van der Waals surface area contributed by atoms with Crippen molar-refractivity contribution in [1.82, 2.24) is 5.32 Å². The number of hydrogen-bond acceptors (Lipinski definition) is 2. The van der Waals surface area contributed by atoms with Crippen LogP contribution >= 0.6 is 0 Å². The maximum absolute atomic E-state index is 6.03. The van der Waals surface area contributed by atoms with E-state index in [1.165, 1.54) is 18.1 Å². The highest BCUT2D eigenvalue weighted by molar-refractivity contribution is 6.76. The Morgan fingerprint density at radius 3 is 1.15 bits per heavy atom. The van der Waals surface area contributed by atoms with E-state index in [9.17, 15) is 0 Å². The summed E-state index contributed by atoms with van der Waals surface area (Å²) in [6.07, 6.45) is 0. The van der Waals surface area contributed by atoms with Crippen molar-refractivity contribution in [3.05, 3.63) is 0 Å². The molecule has 0 atom stereocenters. The first kappa shape index (κ1) is 15.6. The van der Waals surface area contributed by atoms with Crippen LogP contribution in [-0.2, 0) is 0 Å². The molecular formula is C10H28N2Si. The lowest BCUT2D eigenvalue weighted by molar-refractivity contribution is 0.762. The molecule has 0 spiro atoms. The second kappa shape index (κ2) is 10.2. The molecule has 0 aliphatic rings. The second-order valence-electron chi connectivity index (χ2n) is 3.38. The zero-order valence-corrected chi connectivity index (χ0v) is 11.1. The van der Waals surface area contributed by atoms with Gasteiger partial charge >= 0.3 is 0 Å². The molecule has 0 saturated carbocycles. The van der Waals surface area contributed by atoms with E-state index >= 15 is 0 Å². The van der Waals surface area contributed by atoms with Crippen molar-refractivity contribution < 1.29 is 0 Å². The van der Waals surface area contributed by atoms with Gasteiger partial charge in [-0.2, -0.15) is 0 Å². The van der Waals surface area contributed by atoms with Gasteiger partial charge in [0.25, 0.3) is 0 Å². The largest absolute Gasteiger partial charge is 0.351 e. The third kappa shape index (κ3) is 10.1. The van der Waals surface area contributed by atoms with Crippen molar-refractivity contribution >= 4 is 8.24 Å². The fourth-order valence-corrected chi connectivity index (χ4v) is 2.50. The van der Waals surface area contributed by atoms with Gasteiger partial charge in [0.15, 0.2) is 0 Å². The molecule has 0 aromatic carbocycles. The van der Waals surface area contributed by atoms with Crippen molar-refractivity contribution in [1.29, 1.82) is 0 Å². The smallest absolute Gasteiger partial charge is 0.122 e. The van der Waals surface area contributed by atoms with Gasteiger partial charge in [-0.05, 0) is 31.2 Å². The molecule has 0 aliphatic heterocycles. The minimum absolute atomic E-state index is 1.09. The molecule has 0 heterocycles. The van der Waals surface area contributed by atoms with Gasteiger partial charge in [-0.25, -0.2) is 0 Å². The topological polar surface area (TPSA) is 38.0 Å². The standard InChI is InChI=1S/C6H17NSi.C4H11N/c1-4-8(7,5-2)6-3;1-3-5-4-2/h4-7H2,1-3H3;5H,3-4H2,1-2H3. The van der Waals surface area contributed by atoms with Gasteiger partial charge in [0, 0.05) is 0 Å². The van der Waals surface area contributed by atoms with E-state index in [0.29, 0.717) is 0 Å². The summed E-state index contributed by atoms with van der Waals surface area (Å²) in [6, 6.07) is 3.71. The fraction of sp³-hybridized carbons (Fsp3) is 1.00. The molecule has 13 heavy (non-hydrogen) atoms. The maximum Gasteiger partial charge on any atom is 0.122 e. The molecule has 2 nitrogen and oxygen atoms in total. The van der Waals surface area contributed by atoms with Crippen LogP contribution in [0.15, 0.2) is 0 Å². The quantitative estimate of drug-likeness (QED) is 0.676. The summed E-state index contributed by atoms with van der Waals surface area (Å²) in [5, 5.41) is 9.15. The Bertz CT molecular complexity index is 82.7. The third-order valence-corrected chi connectivity index (χ3v) is 6.84. The SMILES string of the molecule is CCNCC.CC[Si](N)(CC)CC. The van der Waals surface area contributed by atoms with Gasteiger partial charge in [-0.1, -0.05) is 34.6 Å². The fourth-order valence-electron chi connectivity index (χ4n) is 1.000. The number of hydrogen-bond donors (Lipinski definition) is 2. The summed E-state index contributed by atoms with van der Waals surface area (Å²) in [7, 11) is -1.17. The Balaban J connectivity index is 0. The van der Waals surface area contributed by atoms with Crippen molar-refractivity contribution in [3.63, 3.8) is 0 Å². The monoisotopic (exact) mass is 204 g/mol. The second-order valence-corrected chi connectivity index (χ2v) is 8.23. The zero-order valence-electron chi connectivity index (χ0n) is 10.1. The molecule has 82 valence electrons. The maximum atomic E-state index is 6.03. The summed E-state index contributed by atoms with van der Waals surface area (Å²) in [5.74, 6) is 0. The number of nitrogens with one attached hydrogen (secondary N) is 1. The van der Waals surface area contributed by atoms with E-state index in [2.05, 4.69) is 39.9 Å². The van der Waals surface area contributed by atoms with E-state index in [-0.39, 0.29) is 0 Å². The molecule has 0 aromatic rings. The van der Waals surface area contributed by atoms with Crippen molar-refractivity contribution in [2.75, 3.05) is 13.1 Å². The predicted octanol–water partition coefficient (Wildman–Crippen LogP) is 2.57. The van der Waals surface area contributed by atoms with E-state index in [4.69, 9.17) is 5.40 Å². The minimum atomic E-state index is -1.17. The van der Waals surface area contributed by atoms with Crippen molar-refractivity contribution in [2.45, 2.75) is 52.8 Å². The third-order valence-electron chi connectivity index (χ3n) is 2.61. The van der Waals surface area contributed by atoms with Gasteiger partial charge in [-0.3, -0.25) is 0 Å². The molecule has 0 radical (unpaired) electrons. The Morgan fingerprint density at radius 1 is 0.846 bits per heavy atom. The lowest BCUT2D eigenvalue weighted by Crippen LogP contribution is -2.42. The Morgan fingerprint density at radius 2 is 1.15 bits per heavy atom. The molecule has 0 aliphatic carbocycles. The van der Waals surface area contributed by atoms with Crippen LogP contribution in [0.3, 0.4) is 0 Å². The first-order valence-electron chi connectivity index (χ1n) is 5.59. The van der Waals surface area contributed by atoms with Crippen LogP contribution in [0.1, 0.15) is 34.6 Å². The summed E-state index contributed by atoms with van der Waals surface area (Å²) < 4.78 is 0. The Hall–Kier alpha value is 0.137. The highest BCUT2D eigenvalue weighted by Gasteiger charge is 2.19. The van der Waals surface area contributed by atoms with E-state index in [1.807, 2.05) is 0 Å². The van der Waals surface area contributed by atoms with Gasteiger partial charge in [0.05, 0.1) is 0 Å². The first-order valence-corrected chi connectivity index (χ1v) is 8.29. The van der Waals surface area contributed by atoms with Crippen LogP contribution < -0.4 is 10.7 Å². The summed E-state index contributed by atoms with van der Waals surface area (Å²) in [6.45, 7) is 13.0. The zero-order chi connectivity index (χ0) is 10.7. The molecule has 3 heteroatoms. The van der Waals surface area contributed by atoms with E-state index < -0.39 is 8.24 Å². The Kier molecular flexibility index (Phi) is 12.3. The molecule has 0 bridgehead atoms. The van der Waals surface area contributed by atoms with E-state index in [0.717, 1.165) is 13.1 Å². The molecular weight excluding hydrogens is 176 g/mol. The van der Waals surface area contributed by atoms with Crippen LogP contribution in [-0.4, -0.2) is 21.3 Å². The number of nitrogens with two attached hydrogens (primary N) is 1. The first-order chi connectivity index (χ1) is 6.10. The molecule has 0 aromatic heterocycles. The van der Waals surface area contributed by atoms with Crippen LogP contribution in [0.2, 0.25) is 18.1 Å². The summed E-state index contributed by atoms with van der Waals surface area (Å²) in [4.78, 5) is 0. The molecule has 0 amide bonds. The molecule has 0 fully saturated rings. The molecule has 0 saturated heterocycles. The van der Waals surface area contributed by atoms with Crippen LogP contribution in [0.5, 0.6) is 0 Å². The van der Waals surface area contributed by atoms with E-state index in [1.54, 1.807) is 0 Å². The summed E-state index contributed by atoms with van der Waals surface area (Å²) >= 11 is 0. The lowest BCUT2D eigenvalue weighted by atomic mass is 10.7. The van der Waals surface area contributed by atoms with Gasteiger partial charge in [0.2, 0.25) is 0 Å². The van der Waals surface area contributed by atoms with Gasteiger partial charge in [-0.15, -0.1) is 0 Å². The minimum Gasteiger partial charge on any atom is -0.351 e. The van der Waals surface area contributed by atoms with Crippen LogP contribution in [0, 0.1) is 0 Å². The average Bonchev–Trinajstić information content (AvgIpc) is 2.19. The highest BCUT2D eigenvalue weighted by atomic mass is 28.3. The van der Waals surface area contributed by atoms with Crippen LogP contribution in [0.4, 0.5) is 0 Å². The molecule has 0 unspecified atom stereocenters. The summed E-state index contributed by atoms with van der Waals surface area (Å²) in [5.41, 5.74) is 0. The highest BCUT2D eigenvalue weighted by Crippen LogP contribution is 2.11. The Labute approximate surface area is 85.4 Å². The number of rotatable bonds is 5. The van der Waals surface area contributed by atoms with Crippen molar-refractivity contribution in [3.8, 4) is 0 Å². The molecule has 3 N–H and O–H groups in total. The van der Waals surface area contributed by atoms with Crippen LogP contribution in [0.25, 0.3) is 0 Å². The molecule has 0 rings (SSSR count). The predicted molar refractivity (Wildman–Crippen MR) is 65.6 cm³/mol. The lowest BCUT2D eigenvalue weighted by Gasteiger charge is -2.20. The average molecular weight is 204 g/mol. The van der Waals surface area contributed by atoms with Crippen molar-refractivity contribution in [2.24, 2.45) is 5.40 Å². The van der Waals surface area contributed by atoms with Gasteiger partial charge < -0.3 is 10.7 Å².